The molecule has 2 aromatic heterocycles. The van der Waals surface area contributed by atoms with E-state index in [0.29, 0.717) is 22.6 Å². The summed E-state index contributed by atoms with van der Waals surface area (Å²) in [6.45, 7) is 3.82. The maximum absolute atomic E-state index is 12.8. The van der Waals surface area contributed by atoms with Crippen molar-refractivity contribution < 1.29 is 14.0 Å². The normalized spacial score (nSPS) is 10.7. The summed E-state index contributed by atoms with van der Waals surface area (Å²) in [6.07, 6.45) is 1.44. The van der Waals surface area contributed by atoms with Crippen LogP contribution in [0.2, 0.25) is 0 Å². The van der Waals surface area contributed by atoms with E-state index < -0.39 is 0 Å². The number of amides is 2. The van der Waals surface area contributed by atoms with E-state index in [4.69, 9.17) is 4.42 Å². The van der Waals surface area contributed by atoms with Gasteiger partial charge in [0.1, 0.15) is 0 Å². The van der Waals surface area contributed by atoms with Crippen LogP contribution < -0.4 is 10.6 Å². The van der Waals surface area contributed by atoms with Crippen LogP contribution in [-0.2, 0) is 0 Å². The zero-order valence-corrected chi connectivity index (χ0v) is 16.0. The number of pyridine rings is 1. The zero-order chi connectivity index (χ0) is 20.4. The molecule has 0 aliphatic carbocycles. The topological polar surface area (TPSA) is 84.2 Å². The van der Waals surface area contributed by atoms with Crippen LogP contribution in [0.4, 0.5) is 11.4 Å². The van der Waals surface area contributed by atoms with Crippen LogP contribution in [0.5, 0.6) is 0 Å². The zero-order valence-electron chi connectivity index (χ0n) is 16.0. The van der Waals surface area contributed by atoms with Gasteiger partial charge in [0.25, 0.3) is 11.8 Å². The maximum Gasteiger partial charge on any atom is 0.291 e. The highest BCUT2D eigenvalue weighted by atomic mass is 16.3. The summed E-state index contributed by atoms with van der Waals surface area (Å²) in [6, 6.07) is 18.0. The summed E-state index contributed by atoms with van der Waals surface area (Å²) in [5, 5.41) is 6.53. The number of furan rings is 1. The van der Waals surface area contributed by atoms with Gasteiger partial charge in [0.15, 0.2) is 5.76 Å². The van der Waals surface area contributed by atoms with Gasteiger partial charge in [-0.1, -0.05) is 17.7 Å². The van der Waals surface area contributed by atoms with E-state index in [0.717, 1.165) is 16.5 Å². The van der Waals surface area contributed by atoms with Gasteiger partial charge in [-0.15, -0.1) is 0 Å². The maximum atomic E-state index is 12.8. The summed E-state index contributed by atoms with van der Waals surface area (Å²) >= 11 is 0. The van der Waals surface area contributed by atoms with E-state index in [9.17, 15) is 9.59 Å². The first-order valence-electron chi connectivity index (χ1n) is 9.14. The first-order valence-corrected chi connectivity index (χ1v) is 9.14. The minimum Gasteiger partial charge on any atom is -0.459 e. The van der Waals surface area contributed by atoms with Crippen molar-refractivity contribution in [3.05, 3.63) is 89.5 Å². The quantitative estimate of drug-likeness (QED) is 0.521. The molecule has 2 aromatic carbocycles. The molecular formula is C23H19N3O3. The Balaban J connectivity index is 1.55. The van der Waals surface area contributed by atoms with Crippen LogP contribution >= 0.6 is 0 Å². The molecule has 2 N–H and O–H groups in total. The van der Waals surface area contributed by atoms with Gasteiger partial charge in [-0.05, 0) is 62.4 Å². The van der Waals surface area contributed by atoms with Gasteiger partial charge in [-0.25, -0.2) is 0 Å². The SMILES string of the molecule is Cc1ccc2nc(C)c(C(=O)Nc3cccc(NC(=O)c4ccco4)c3)cc2c1. The fraction of sp³-hybridized carbons (Fsp3) is 0.0870. The molecule has 144 valence electrons. The number of carbonyl (C=O) groups is 2. The number of aromatic nitrogens is 1. The van der Waals surface area contributed by atoms with Gasteiger partial charge < -0.3 is 15.1 Å². The monoisotopic (exact) mass is 385 g/mol. The van der Waals surface area contributed by atoms with Crippen molar-refractivity contribution in [1.29, 1.82) is 0 Å². The smallest absolute Gasteiger partial charge is 0.291 e. The first-order chi connectivity index (χ1) is 14.0. The third kappa shape index (κ3) is 4.01. The van der Waals surface area contributed by atoms with Crippen molar-refractivity contribution in [2.24, 2.45) is 0 Å². The van der Waals surface area contributed by atoms with Crippen LogP contribution in [0, 0.1) is 13.8 Å². The molecule has 0 saturated heterocycles. The lowest BCUT2D eigenvalue weighted by molar-refractivity contribution is 0.0995. The van der Waals surface area contributed by atoms with Crippen molar-refractivity contribution >= 4 is 34.1 Å². The second-order valence-corrected chi connectivity index (χ2v) is 6.78. The van der Waals surface area contributed by atoms with E-state index >= 15 is 0 Å². The van der Waals surface area contributed by atoms with Gasteiger partial charge in [-0.3, -0.25) is 14.6 Å². The van der Waals surface area contributed by atoms with Crippen molar-refractivity contribution in [1.82, 2.24) is 4.98 Å². The number of aryl methyl sites for hydroxylation is 2. The lowest BCUT2D eigenvalue weighted by Crippen LogP contribution is -2.15. The highest BCUT2D eigenvalue weighted by Gasteiger charge is 2.13. The van der Waals surface area contributed by atoms with Gasteiger partial charge in [-0.2, -0.15) is 0 Å². The summed E-state index contributed by atoms with van der Waals surface area (Å²) in [7, 11) is 0. The summed E-state index contributed by atoms with van der Waals surface area (Å²) in [5.74, 6) is -0.399. The average molecular weight is 385 g/mol. The predicted octanol–water partition coefficient (Wildman–Crippen LogP) is 4.95. The van der Waals surface area contributed by atoms with Gasteiger partial charge in [0.2, 0.25) is 0 Å². The molecule has 0 bridgehead atoms. The molecule has 4 rings (SSSR count). The Labute approximate surface area is 167 Å². The highest BCUT2D eigenvalue weighted by molar-refractivity contribution is 6.07. The van der Waals surface area contributed by atoms with E-state index in [1.54, 1.807) is 36.4 Å². The Hall–Kier alpha value is -3.93. The number of anilines is 2. The number of fused-ring (bicyclic) bond motifs is 1. The lowest BCUT2D eigenvalue weighted by Gasteiger charge is -2.11. The number of rotatable bonds is 4. The molecule has 6 heteroatoms. The fourth-order valence-corrected chi connectivity index (χ4v) is 3.10. The fourth-order valence-electron chi connectivity index (χ4n) is 3.10. The minimum absolute atomic E-state index is 0.215. The third-order valence-corrected chi connectivity index (χ3v) is 4.53. The first kappa shape index (κ1) is 18.4. The molecule has 0 spiro atoms. The standard InChI is InChI=1S/C23H19N3O3/c1-14-8-9-20-16(11-14)12-19(15(2)24-20)22(27)25-17-5-3-6-18(13-17)26-23(28)21-7-4-10-29-21/h3-13H,1-2H3,(H,25,27)(H,26,28). The van der Waals surface area contributed by atoms with Crippen molar-refractivity contribution in [2.45, 2.75) is 13.8 Å². The van der Waals surface area contributed by atoms with Crippen LogP contribution in [-0.4, -0.2) is 16.8 Å². The lowest BCUT2D eigenvalue weighted by atomic mass is 10.1. The summed E-state index contributed by atoms with van der Waals surface area (Å²) < 4.78 is 5.09. The highest BCUT2D eigenvalue weighted by Crippen LogP contribution is 2.21. The number of hydrogen-bond acceptors (Lipinski definition) is 4. The van der Waals surface area contributed by atoms with E-state index in [1.165, 1.54) is 6.26 Å². The summed E-state index contributed by atoms with van der Waals surface area (Å²) in [5.41, 5.74) is 4.24. The molecule has 0 unspecified atom stereocenters. The Kier molecular flexibility index (Phi) is 4.83. The van der Waals surface area contributed by atoms with Crippen LogP contribution in [0.1, 0.15) is 32.2 Å². The van der Waals surface area contributed by atoms with Crippen LogP contribution in [0.15, 0.2) is 71.3 Å². The molecule has 0 atom stereocenters. The number of hydrogen-bond donors (Lipinski definition) is 2. The Morgan fingerprint density at radius 3 is 2.34 bits per heavy atom. The second-order valence-electron chi connectivity index (χ2n) is 6.78. The molecule has 0 radical (unpaired) electrons. The molecule has 0 aliphatic heterocycles. The molecule has 0 fully saturated rings. The van der Waals surface area contributed by atoms with E-state index in [2.05, 4.69) is 15.6 Å². The van der Waals surface area contributed by atoms with Crippen LogP contribution in [0.3, 0.4) is 0 Å². The molecule has 29 heavy (non-hydrogen) atoms. The van der Waals surface area contributed by atoms with Gasteiger partial charge in [0, 0.05) is 16.8 Å². The molecule has 2 heterocycles. The van der Waals surface area contributed by atoms with E-state index in [1.807, 2.05) is 38.1 Å². The molecule has 2 amide bonds. The Morgan fingerprint density at radius 1 is 0.862 bits per heavy atom. The Morgan fingerprint density at radius 2 is 1.62 bits per heavy atom. The molecule has 0 saturated carbocycles. The number of benzene rings is 2. The van der Waals surface area contributed by atoms with E-state index in [-0.39, 0.29) is 17.6 Å². The second kappa shape index (κ2) is 7.59. The largest absolute Gasteiger partial charge is 0.459 e. The van der Waals surface area contributed by atoms with Crippen LogP contribution in [0.25, 0.3) is 10.9 Å². The van der Waals surface area contributed by atoms with Gasteiger partial charge in [0.05, 0.1) is 23.0 Å². The average Bonchev–Trinajstić information content (AvgIpc) is 3.23. The molecular weight excluding hydrogens is 366 g/mol. The minimum atomic E-state index is -0.358. The van der Waals surface area contributed by atoms with Crippen molar-refractivity contribution in [3.63, 3.8) is 0 Å². The molecule has 4 aromatic rings. The number of nitrogens with zero attached hydrogens (tertiary/aromatic N) is 1. The van der Waals surface area contributed by atoms with Gasteiger partial charge >= 0.3 is 0 Å². The van der Waals surface area contributed by atoms with Crippen molar-refractivity contribution in [2.75, 3.05) is 10.6 Å². The Bertz CT molecular complexity index is 1210. The number of nitrogens with one attached hydrogen (secondary N) is 2. The molecule has 6 nitrogen and oxygen atoms in total. The third-order valence-electron chi connectivity index (χ3n) is 4.53. The van der Waals surface area contributed by atoms with Crippen molar-refractivity contribution in [3.8, 4) is 0 Å². The summed E-state index contributed by atoms with van der Waals surface area (Å²) in [4.78, 5) is 29.5. The predicted molar refractivity (Wildman–Crippen MR) is 112 cm³/mol. The molecule has 0 aliphatic rings. The number of carbonyl (C=O) groups excluding carboxylic acids is 2.